The first-order valence-corrected chi connectivity index (χ1v) is 7.93. The molecule has 0 spiro atoms. The monoisotopic (exact) mass is 285 g/mol. The van der Waals surface area contributed by atoms with E-state index >= 15 is 0 Å². The lowest BCUT2D eigenvalue weighted by Gasteiger charge is -2.53. The summed E-state index contributed by atoms with van der Waals surface area (Å²) >= 11 is 0. The molecule has 2 aromatic heterocycles. The predicted octanol–water partition coefficient (Wildman–Crippen LogP) is 1.77. The third-order valence-electron chi connectivity index (χ3n) is 5.94. The number of nitrogens with zero attached hydrogens (tertiary/aromatic N) is 2. The van der Waals surface area contributed by atoms with E-state index in [1.54, 1.807) is 0 Å². The number of aromatic nitrogens is 4. The zero-order chi connectivity index (χ0) is 14.1. The molecule has 4 aliphatic rings. The van der Waals surface area contributed by atoms with Crippen LogP contribution < -0.4 is 11.3 Å². The summed E-state index contributed by atoms with van der Waals surface area (Å²) in [5, 5.41) is 0. The lowest BCUT2D eigenvalue weighted by atomic mass is 9.52. The molecule has 0 aliphatic heterocycles. The summed E-state index contributed by atoms with van der Waals surface area (Å²) in [6, 6.07) is 0. The number of anilines is 1. The maximum atomic E-state index is 12.0. The normalized spacial score (nSPS) is 37.4. The standard InChI is InChI=1S/C15H19N5O/c16-15-19-13-11(14(21)20-15)17-12(18-13)10-8-2-6-1-7(4-8)5-9(10)3-6/h6-10H,1-5H2,(H4,16,17,18,19,20,21). The molecule has 4 aliphatic carbocycles. The van der Waals surface area contributed by atoms with Gasteiger partial charge in [-0.1, -0.05) is 0 Å². The number of fused-ring (bicyclic) bond motifs is 1. The number of H-pyrrole nitrogens is 2. The molecule has 4 saturated carbocycles. The third-order valence-corrected chi connectivity index (χ3v) is 5.94. The minimum absolute atomic E-state index is 0.135. The zero-order valence-electron chi connectivity index (χ0n) is 11.8. The van der Waals surface area contributed by atoms with Crippen molar-refractivity contribution < 1.29 is 0 Å². The van der Waals surface area contributed by atoms with E-state index in [-0.39, 0.29) is 11.5 Å². The van der Waals surface area contributed by atoms with E-state index in [1.165, 1.54) is 32.1 Å². The first-order chi connectivity index (χ1) is 10.2. The minimum Gasteiger partial charge on any atom is -0.369 e. The molecule has 4 fully saturated rings. The second kappa shape index (κ2) is 3.87. The summed E-state index contributed by atoms with van der Waals surface area (Å²) in [5.74, 6) is 4.91. The van der Waals surface area contributed by atoms with E-state index in [2.05, 4.69) is 19.9 Å². The van der Waals surface area contributed by atoms with Crippen LogP contribution >= 0.6 is 0 Å². The molecule has 0 atom stereocenters. The molecular formula is C15H19N5O. The smallest absolute Gasteiger partial charge is 0.278 e. The Hall–Kier alpha value is -1.85. The van der Waals surface area contributed by atoms with Gasteiger partial charge in [0.2, 0.25) is 5.95 Å². The van der Waals surface area contributed by atoms with Gasteiger partial charge in [0, 0.05) is 5.92 Å². The quantitative estimate of drug-likeness (QED) is 0.743. The Morgan fingerprint density at radius 3 is 2.29 bits per heavy atom. The maximum Gasteiger partial charge on any atom is 0.278 e. The van der Waals surface area contributed by atoms with Crippen LogP contribution in [0.4, 0.5) is 5.95 Å². The Kier molecular flexibility index (Phi) is 2.17. The van der Waals surface area contributed by atoms with Crippen molar-refractivity contribution >= 4 is 17.1 Å². The lowest BCUT2D eigenvalue weighted by molar-refractivity contribution is -0.00529. The van der Waals surface area contributed by atoms with Crippen LogP contribution in [0, 0.1) is 23.7 Å². The van der Waals surface area contributed by atoms with Crippen LogP contribution in [0.25, 0.3) is 11.2 Å². The van der Waals surface area contributed by atoms with E-state index in [0.29, 0.717) is 17.1 Å². The van der Waals surface area contributed by atoms with Gasteiger partial charge in [0.1, 0.15) is 5.82 Å². The van der Waals surface area contributed by atoms with Crippen LogP contribution in [0.3, 0.4) is 0 Å². The Morgan fingerprint density at radius 1 is 0.952 bits per heavy atom. The van der Waals surface area contributed by atoms with Gasteiger partial charge in [-0.05, 0) is 55.8 Å². The molecule has 110 valence electrons. The zero-order valence-corrected chi connectivity index (χ0v) is 11.8. The fraction of sp³-hybridized carbons (Fsp3) is 0.667. The van der Waals surface area contributed by atoms with Crippen LogP contribution in [0.2, 0.25) is 0 Å². The van der Waals surface area contributed by atoms with Crippen molar-refractivity contribution in [3.05, 3.63) is 16.2 Å². The molecule has 0 saturated heterocycles. The molecule has 21 heavy (non-hydrogen) atoms. The topological polar surface area (TPSA) is 100 Å². The molecular weight excluding hydrogens is 266 g/mol. The number of imidazole rings is 1. The van der Waals surface area contributed by atoms with Crippen LogP contribution in [0.5, 0.6) is 0 Å². The fourth-order valence-corrected chi connectivity index (χ4v) is 5.47. The van der Waals surface area contributed by atoms with E-state index in [0.717, 1.165) is 29.5 Å². The highest BCUT2D eigenvalue weighted by atomic mass is 16.1. The molecule has 6 nitrogen and oxygen atoms in total. The SMILES string of the molecule is Nc1nc2nc(C3C4CC5CC(C4)CC3C5)[nH]c2c(=O)[nH]1. The van der Waals surface area contributed by atoms with E-state index in [4.69, 9.17) is 5.73 Å². The van der Waals surface area contributed by atoms with Gasteiger partial charge in [0.05, 0.1) is 0 Å². The summed E-state index contributed by atoms with van der Waals surface area (Å²) in [4.78, 5) is 26.5. The average molecular weight is 285 g/mol. The van der Waals surface area contributed by atoms with Crippen LogP contribution in [0.15, 0.2) is 4.79 Å². The largest absolute Gasteiger partial charge is 0.369 e. The highest BCUT2D eigenvalue weighted by Gasteiger charge is 2.49. The van der Waals surface area contributed by atoms with Crippen molar-refractivity contribution in [3.63, 3.8) is 0 Å². The Bertz CT molecular complexity index is 748. The van der Waals surface area contributed by atoms with Crippen LogP contribution in [0.1, 0.15) is 43.8 Å². The summed E-state index contributed by atoms with van der Waals surface area (Å²) in [5.41, 5.74) is 6.31. The van der Waals surface area contributed by atoms with Gasteiger partial charge in [-0.3, -0.25) is 9.78 Å². The molecule has 4 N–H and O–H groups in total. The Balaban J connectivity index is 1.61. The molecule has 6 rings (SSSR count). The van der Waals surface area contributed by atoms with Gasteiger partial charge in [-0.25, -0.2) is 4.98 Å². The summed E-state index contributed by atoms with van der Waals surface area (Å²) in [7, 11) is 0. The summed E-state index contributed by atoms with van der Waals surface area (Å²) < 4.78 is 0. The number of hydrogen-bond donors (Lipinski definition) is 3. The van der Waals surface area contributed by atoms with Gasteiger partial charge >= 0.3 is 0 Å². The second-order valence-electron chi connectivity index (χ2n) is 7.23. The van der Waals surface area contributed by atoms with Gasteiger partial charge in [0.15, 0.2) is 11.2 Å². The van der Waals surface area contributed by atoms with E-state index < -0.39 is 0 Å². The highest BCUT2D eigenvalue weighted by molar-refractivity contribution is 5.70. The first-order valence-electron chi connectivity index (χ1n) is 7.93. The molecule has 6 heteroatoms. The van der Waals surface area contributed by atoms with Crippen LogP contribution in [-0.2, 0) is 0 Å². The number of nitrogen functional groups attached to an aromatic ring is 1. The maximum absolute atomic E-state index is 12.0. The van der Waals surface area contributed by atoms with Crippen molar-refractivity contribution in [1.82, 2.24) is 19.9 Å². The van der Waals surface area contributed by atoms with Gasteiger partial charge in [-0.15, -0.1) is 0 Å². The molecule has 2 aromatic rings. The number of rotatable bonds is 1. The molecule has 2 heterocycles. The Morgan fingerprint density at radius 2 is 1.62 bits per heavy atom. The average Bonchev–Trinajstić information content (AvgIpc) is 2.81. The second-order valence-corrected chi connectivity index (χ2v) is 7.23. The third kappa shape index (κ3) is 1.61. The molecule has 0 aromatic carbocycles. The summed E-state index contributed by atoms with van der Waals surface area (Å²) in [6.45, 7) is 0. The molecule has 4 bridgehead atoms. The van der Waals surface area contributed by atoms with Crippen molar-refractivity contribution in [3.8, 4) is 0 Å². The van der Waals surface area contributed by atoms with E-state index in [1.807, 2.05) is 0 Å². The highest BCUT2D eigenvalue weighted by Crippen LogP contribution is 2.59. The fourth-order valence-electron chi connectivity index (χ4n) is 5.47. The van der Waals surface area contributed by atoms with Crippen molar-refractivity contribution in [1.29, 1.82) is 0 Å². The van der Waals surface area contributed by atoms with Crippen molar-refractivity contribution in [2.75, 3.05) is 5.73 Å². The number of aromatic amines is 2. The molecule has 0 unspecified atom stereocenters. The Labute approximate surface area is 121 Å². The predicted molar refractivity (Wildman–Crippen MR) is 78.7 cm³/mol. The number of nitrogens with one attached hydrogen (secondary N) is 2. The van der Waals surface area contributed by atoms with Gasteiger partial charge in [-0.2, -0.15) is 4.98 Å². The van der Waals surface area contributed by atoms with Crippen molar-refractivity contribution in [2.45, 2.75) is 38.0 Å². The minimum atomic E-state index is -0.222. The molecule has 0 radical (unpaired) electrons. The lowest BCUT2D eigenvalue weighted by Crippen LogP contribution is -2.44. The van der Waals surface area contributed by atoms with Crippen molar-refractivity contribution in [2.24, 2.45) is 23.7 Å². The number of hydrogen-bond acceptors (Lipinski definition) is 4. The summed E-state index contributed by atoms with van der Waals surface area (Å²) in [6.07, 6.45) is 6.78. The molecule has 0 amide bonds. The van der Waals surface area contributed by atoms with Gasteiger partial charge < -0.3 is 10.7 Å². The van der Waals surface area contributed by atoms with E-state index in [9.17, 15) is 4.79 Å². The van der Waals surface area contributed by atoms with Crippen LogP contribution in [-0.4, -0.2) is 19.9 Å². The number of nitrogens with two attached hydrogens (primary N) is 1. The first kappa shape index (κ1) is 11.8. The van der Waals surface area contributed by atoms with Gasteiger partial charge in [0.25, 0.3) is 5.56 Å².